The minimum atomic E-state index is -3.53. The summed E-state index contributed by atoms with van der Waals surface area (Å²) in [5.74, 6) is 0.676. The van der Waals surface area contributed by atoms with Crippen molar-refractivity contribution in [1.29, 1.82) is 0 Å². The van der Waals surface area contributed by atoms with E-state index in [1.54, 1.807) is 18.2 Å². The molecule has 9 heteroatoms. The lowest BCUT2D eigenvalue weighted by atomic mass is 10.2. The van der Waals surface area contributed by atoms with Gasteiger partial charge in [0.25, 0.3) is 0 Å². The molecule has 8 nitrogen and oxygen atoms in total. The van der Waals surface area contributed by atoms with Gasteiger partial charge in [0.1, 0.15) is 5.82 Å². The van der Waals surface area contributed by atoms with Crippen LogP contribution in [0.1, 0.15) is 33.0 Å². The molecular formula is C24H33N5O3S. The van der Waals surface area contributed by atoms with Gasteiger partial charge in [-0.3, -0.25) is 4.79 Å². The Bertz CT molecular complexity index is 1210. The molecule has 0 aliphatic heterocycles. The summed E-state index contributed by atoms with van der Waals surface area (Å²) < 4.78 is 28.1. The van der Waals surface area contributed by atoms with Crippen LogP contribution in [0.25, 0.3) is 11.0 Å². The summed E-state index contributed by atoms with van der Waals surface area (Å²) in [6.45, 7) is 8.79. The summed E-state index contributed by atoms with van der Waals surface area (Å²) in [4.78, 5) is 19.6. The van der Waals surface area contributed by atoms with Crippen molar-refractivity contribution in [3.8, 4) is 0 Å². The minimum Gasteiger partial charge on any atom is -0.372 e. The van der Waals surface area contributed by atoms with Gasteiger partial charge < -0.3 is 14.8 Å². The van der Waals surface area contributed by atoms with Crippen LogP contribution in [-0.4, -0.2) is 55.4 Å². The van der Waals surface area contributed by atoms with E-state index in [0.29, 0.717) is 18.5 Å². The molecule has 0 saturated carbocycles. The summed E-state index contributed by atoms with van der Waals surface area (Å²) in [6.07, 6.45) is 0.742. The number of benzene rings is 2. The second-order valence-electron chi connectivity index (χ2n) is 7.98. The van der Waals surface area contributed by atoms with Crippen LogP contribution in [0.4, 0.5) is 11.4 Å². The van der Waals surface area contributed by atoms with E-state index < -0.39 is 10.0 Å². The van der Waals surface area contributed by atoms with E-state index in [0.717, 1.165) is 35.8 Å². The third-order valence-electron chi connectivity index (χ3n) is 5.75. The Balaban J connectivity index is 1.72. The second-order valence-corrected chi connectivity index (χ2v) is 10.1. The molecule has 3 rings (SSSR count). The number of carbonyl (C=O) groups excluding carboxylic acids is 1. The highest BCUT2D eigenvalue weighted by molar-refractivity contribution is 7.89. The zero-order chi connectivity index (χ0) is 24.2. The van der Waals surface area contributed by atoms with Crippen LogP contribution in [0.2, 0.25) is 0 Å². The third-order valence-corrected chi connectivity index (χ3v) is 7.56. The Morgan fingerprint density at radius 1 is 1.03 bits per heavy atom. The number of imidazole rings is 1. The van der Waals surface area contributed by atoms with Crippen LogP contribution in [0.5, 0.6) is 0 Å². The molecule has 1 aromatic heterocycles. The SMILES string of the molecule is CCN(CC)c1ccc(NC(=O)CCc2nc3cc(S(=O)(=O)N(C)C)ccc3n2CC)cc1. The molecule has 1 amide bonds. The van der Waals surface area contributed by atoms with Gasteiger partial charge in [0.05, 0.1) is 15.9 Å². The zero-order valence-electron chi connectivity index (χ0n) is 20.0. The van der Waals surface area contributed by atoms with Gasteiger partial charge in [-0.2, -0.15) is 0 Å². The summed E-state index contributed by atoms with van der Waals surface area (Å²) in [5, 5.41) is 2.95. The van der Waals surface area contributed by atoms with Crippen LogP contribution in [0.15, 0.2) is 47.4 Å². The molecule has 0 radical (unpaired) electrons. The van der Waals surface area contributed by atoms with Crippen LogP contribution >= 0.6 is 0 Å². The van der Waals surface area contributed by atoms with E-state index in [-0.39, 0.29) is 17.2 Å². The van der Waals surface area contributed by atoms with E-state index in [1.165, 1.54) is 18.4 Å². The Labute approximate surface area is 196 Å². The number of aryl methyl sites for hydroxylation is 2. The quantitative estimate of drug-likeness (QED) is 0.487. The molecule has 0 atom stereocenters. The monoisotopic (exact) mass is 471 g/mol. The van der Waals surface area contributed by atoms with Crippen LogP contribution in [0, 0.1) is 0 Å². The smallest absolute Gasteiger partial charge is 0.242 e. The summed E-state index contributed by atoms with van der Waals surface area (Å²) in [6, 6.07) is 12.8. The fourth-order valence-electron chi connectivity index (χ4n) is 3.87. The predicted molar refractivity (Wildman–Crippen MR) is 133 cm³/mol. The van der Waals surface area contributed by atoms with Gasteiger partial charge in [0.2, 0.25) is 15.9 Å². The number of rotatable bonds is 10. The summed E-state index contributed by atoms with van der Waals surface area (Å²) in [5.41, 5.74) is 3.36. The number of hydrogen-bond acceptors (Lipinski definition) is 5. The average Bonchev–Trinajstić information content (AvgIpc) is 3.16. The van der Waals surface area contributed by atoms with Gasteiger partial charge in [-0.1, -0.05) is 0 Å². The number of amides is 1. The molecule has 3 aromatic rings. The van der Waals surface area contributed by atoms with Gasteiger partial charge in [-0.25, -0.2) is 17.7 Å². The molecule has 0 aliphatic carbocycles. The van der Waals surface area contributed by atoms with Crippen LogP contribution < -0.4 is 10.2 Å². The maximum absolute atomic E-state index is 12.5. The van der Waals surface area contributed by atoms with Crippen LogP contribution in [0.3, 0.4) is 0 Å². The molecule has 2 aromatic carbocycles. The Kier molecular flexibility index (Phi) is 7.76. The van der Waals surface area contributed by atoms with Gasteiger partial charge in [-0.15, -0.1) is 0 Å². The minimum absolute atomic E-state index is 0.0869. The van der Waals surface area contributed by atoms with Crippen molar-refractivity contribution in [3.63, 3.8) is 0 Å². The normalized spacial score (nSPS) is 11.8. The number of fused-ring (bicyclic) bond motifs is 1. The molecule has 1 heterocycles. The molecule has 0 fully saturated rings. The molecule has 33 heavy (non-hydrogen) atoms. The molecule has 0 spiro atoms. The lowest BCUT2D eigenvalue weighted by Gasteiger charge is -2.21. The number of nitrogens with one attached hydrogen (secondary N) is 1. The van der Waals surface area contributed by atoms with Crippen molar-refractivity contribution in [3.05, 3.63) is 48.3 Å². The molecule has 0 aliphatic rings. The van der Waals surface area contributed by atoms with Crippen LogP contribution in [-0.2, 0) is 27.8 Å². The molecule has 0 saturated heterocycles. The zero-order valence-corrected chi connectivity index (χ0v) is 20.8. The summed E-state index contributed by atoms with van der Waals surface area (Å²) in [7, 11) is -0.524. The number of anilines is 2. The molecule has 0 bridgehead atoms. The van der Waals surface area contributed by atoms with E-state index in [1.807, 2.05) is 35.8 Å². The lowest BCUT2D eigenvalue weighted by Crippen LogP contribution is -2.22. The fraction of sp³-hybridized carbons (Fsp3) is 0.417. The Morgan fingerprint density at radius 3 is 2.27 bits per heavy atom. The van der Waals surface area contributed by atoms with E-state index in [4.69, 9.17) is 0 Å². The molecular weight excluding hydrogens is 438 g/mol. The van der Waals surface area contributed by atoms with E-state index in [9.17, 15) is 13.2 Å². The first-order valence-corrected chi connectivity index (χ1v) is 12.7. The average molecular weight is 472 g/mol. The largest absolute Gasteiger partial charge is 0.372 e. The van der Waals surface area contributed by atoms with Gasteiger partial charge in [-0.05, 0) is 63.2 Å². The van der Waals surface area contributed by atoms with Crippen molar-refractivity contribution in [2.45, 2.75) is 45.1 Å². The number of hydrogen-bond donors (Lipinski definition) is 1. The maximum atomic E-state index is 12.5. The van der Waals surface area contributed by atoms with Gasteiger partial charge >= 0.3 is 0 Å². The lowest BCUT2D eigenvalue weighted by molar-refractivity contribution is -0.116. The fourth-order valence-corrected chi connectivity index (χ4v) is 4.79. The van der Waals surface area contributed by atoms with E-state index >= 15 is 0 Å². The third kappa shape index (κ3) is 5.36. The highest BCUT2D eigenvalue weighted by Crippen LogP contribution is 2.23. The number of sulfonamides is 1. The Hall–Kier alpha value is -2.91. The van der Waals surface area contributed by atoms with Crippen molar-refractivity contribution >= 4 is 38.3 Å². The molecule has 178 valence electrons. The predicted octanol–water partition coefficient (Wildman–Crippen LogP) is 3.72. The van der Waals surface area contributed by atoms with Gasteiger partial charge in [0.15, 0.2) is 0 Å². The first kappa shape index (κ1) is 24.7. The first-order chi connectivity index (χ1) is 15.7. The standard InChI is InChI=1S/C24H33N5O3S/c1-6-28(7-2)19-11-9-18(10-12-19)25-24(30)16-15-23-26-21-17-20(33(31,32)27(4)5)13-14-22(21)29(23)8-3/h9-14,17H,6-8,15-16H2,1-5H3,(H,25,30). The number of nitrogens with zero attached hydrogens (tertiary/aromatic N) is 4. The number of carbonyl (C=O) groups is 1. The van der Waals surface area contributed by atoms with Crippen molar-refractivity contribution < 1.29 is 13.2 Å². The highest BCUT2D eigenvalue weighted by atomic mass is 32.2. The topological polar surface area (TPSA) is 87.5 Å². The highest BCUT2D eigenvalue weighted by Gasteiger charge is 2.19. The maximum Gasteiger partial charge on any atom is 0.242 e. The summed E-state index contributed by atoms with van der Waals surface area (Å²) >= 11 is 0. The molecule has 1 N–H and O–H groups in total. The first-order valence-electron chi connectivity index (χ1n) is 11.3. The number of aromatic nitrogens is 2. The molecule has 0 unspecified atom stereocenters. The van der Waals surface area contributed by atoms with Gasteiger partial charge in [0, 0.05) is 57.9 Å². The van der Waals surface area contributed by atoms with Crippen molar-refractivity contribution in [2.24, 2.45) is 0 Å². The Morgan fingerprint density at radius 2 is 1.70 bits per heavy atom. The second kappa shape index (κ2) is 10.4. The van der Waals surface area contributed by atoms with E-state index in [2.05, 4.69) is 29.0 Å². The van der Waals surface area contributed by atoms with Crippen molar-refractivity contribution in [1.82, 2.24) is 13.9 Å². The van der Waals surface area contributed by atoms with Crippen molar-refractivity contribution in [2.75, 3.05) is 37.4 Å².